The summed E-state index contributed by atoms with van der Waals surface area (Å²) in [6.07, 6.45) is 0. The summed E-state index contributed by atoms with van der Waals surface area (Å²) in [7, 11) is -0.618. The first-order chi connectivity index (χ1) is 11.8. The molecule has 0 fully saturated rings. The molecule has 0 aliphatic rings. The molecule has 0 bridgehead atoms. The molecule has 0 aliphatic heterocycles. The first-order valence-electron chi connectivity index (χ1n) is 6.99. The predicted octanol–water partition coefficient (Wildman–Crippen LogP) is 2.41. The highest BCUT2D eigenvalue weighted by Crippen LogP contribution is 2.41. The Morgan fingerprint density at radius 1 is 0.920 bits per heavy atom. The van der Waals surface area contributed by atoms with Crippen LogP contribution in [-0.4, -0.2) is 36.9 Å². The van der Waals surface area contributed by atoms with Crippen molar-refractivity contribution < 1.29 is 37.9 Å². The summed E-state index contributed by atoms with van der Waals surface area (Å²) < 4.78 is 31.4. The fourth-order valence-corrected chi connectivity index (χ4v) is 2.64. The highest BCUT2D eigenvalue weighted by atomic mass is 31.2. The van der Waals surface area contributed by atoms with Gasteiger partial charge in [-0.25, -0.2) is 4.57 Å². The van der Waals surface area contributed by atoms with Crippen LogP contribution in [0.25, 0.3) is 0 Å². The summed E-state index contributed by atoms with van der Waals surface area (Å²) in [5.41, 5.74) is 0.0279. The summed E-state index contributed by atoms with van der Waals surface area (Å²) in [5.74, 6) is -0.0365. The number of methoxy groups -OCH3 is 3. The highest BCUT2D eigenvalue weighted by Gasteiger charge is 2.26. The molecule has 0 saturated heterocycles. The molecule has 2 rings (SSSR count). The van der Waals surface area contributed by atoms with Gasteiger partial charge < -0.3 is 18.7 Å². The summed E-state index contributed by atoms with van der Waals surface area (Å²) in [6.45, 7) is 0. The largest absolute Gasteiger partial charge is 0.524 e. The van der Waals surface area contributed by atoms with Crippen LogP contribution in [0, 0.1) is 0 Å². The van der Waals surface area contributed by atoms with Gasteiger partial charge in [-0.15, -0.1) is 0 Å². The molecule has 0 spiro atoms. The number of para-hydroxylation sites is 1. The van der Waals surface area contributed by atoms with Crippen molar-refractivity contribution in [3.05, 3.63) is 47.5 Å². The van der Waals surface area contributed by atoms with Crippen molar-refractivity contribution >= 4 is 13.6 Å². The molecule has 2 aromatic carbocycles. The van der Waals surface area contributed by atoms with Crippen molar-refractivity contribution in [2.75, 3.05) is 21.3 Å². The summed E-state index contributed by atoms with van der Waals surface area (Å²) >= 11 is 0. The zero-order chi connectivity index (χ0) is 18.6. The highest BCUT2D eigenvalue weighted by molar-refractivity contribution is 7.46. The molecule has 0 saturated carbocycles. The fraction of sp³-hybridized carbons (Fsp3) is 0.188. The Hall–Kier alpha value is -2.54. The quantitative estimate of drug-likeness (QED) is 0.566. The lowest BCUT2D eigenvalue weighted by molar-refractivity contribution is 0.103. The average Bonchev–Trinajstić information content (AvgIpc) is 2.58. The molecule has 8 nitrogen and oxygen atoms in total. The van der Waals surface area contributed by atoms with Gasteiger partial charge in [-0.05, 0) is 12.1 Å². The number of phosphoric acid groups is 1. The van der Waals surface area contributed by atoms with Crippen LogP contribution < -0.4 is 18.7 Å². The van der Waals surface area contributed by atoms with E-state index < -0.39 is 13.6 Å². The topological polar surface area (TPSA) is 112 Å². The van der Waals surface area contributed by atoms with Crippen LogP contribution >= 0.6 is 7.82 Å². The smallest absolute Gasteiger partial charge is 0.496 e. The van der Waals surface area contributed by atoms with Crippen LogP contribution in [0.2, 0.25) is 0 Å². The molecule has 0 atom stereocenters. The summed E-state index contributed by atoms with van der Waals surface area (Å²) in [6, 6.07) is 8.71. The van der Waals surface area contributed by atoms with E-state index in [9.17, 15) is 9.36 Å². The van der Waals surface area contributed by atoms with Crippen LogP contribution in [0.5, 0.6) is 23.0 Å². The molecule has 2 N–H and O–H groups in total. The molecule has 0 radical (unpaired) electrons. The Morgan fingerprint density at radius 2 is 1.48 bits per heavy atom. The van der Waals surface area contributed by atoms with E-state index in [1.54, 1.807) is 6.07 Å². The third-order valence-electron chi connectivity index (χ3n) is 3.29. The van der Waals surface area contributed by atoms with Crippen molar-refractivity contribution in [3.63, 3.8) is 0 Å². The van der Waals surface area contributed by atoms with E-state index in [0.717, 1.165) is 0 Å². The fourth-order valence-electron chi connectivity index (χ4n) is 2.23. The molecule has 0 heterocycles. The molecule has 134 valence electrons. The average molecular weight is 368 g/mol. The molecule has 25 heavy (non-hydrogen) atoms. The Bertz CT molecular complexity index is 802. The molecular formula is C16H17O8P. The van der Waals surface area contributed by atoms with Crippen molar-refractivity contribution in [1.82, 2.24) is 0 Å². The van der Waals surface area contributed by atoms with Gasteiger partial charge in [0.2, 0.25) is 5.78 Å². The van der Waals surface area contributed by atoms with Gasteiger partial charge in [-0.3, -0.25) is 14.6 Å². The number of benzene rings is 2. The van der Waals surface area contributed by atoms with Gasteiger partial charge >= 0.3 is 7.82 Å². The number of ketones is 1. The minimum absolute atomic E-state index is 0.0485. The van der Waals surface area contributed by atoms with Gasteiger partial charge in [0, 0.05) is 12.1 Å². The first kappa shape index (κ1) is 18.8. The van der Waals surface area contributed by atoms with Gasteiger partial charge in [0.05, 0.1) is 26.9 Å². The maximum atomic E-state index is 13.0. The maximum Gasteiger partial charge on any atom is 0.524 e. The van der Waals surface area contributed by atoms with E-state index in [2.05, 4.69) is 4.52 Å². The lowest BCUT2D eigenvalue weighted by Gasteiger charge is -2.16. The van der Waals surface area contributed by atoms with Crippen LogP contribution in [0.1, 0.15) is 15.9 Å². The number of carbonyl (C=O) groups excluding carboxylic acids is 1. The third kappa shape index (κ3) is 4.30. The van der Waals surface area contributed by atoms with Crippen LogP contribution in [0.4, 0.5) is 0 Å². The molecule has 2 aromatic rings. The molecule has 0 unspecified atom stereocenters. The standard InChI is InChI=1S/C16H17O8P/c1-21-10-8-13(22-2)15(14(9-10)23-3)16(17)11-6-4-5-7-12(11)24-25(18,19)20/h4-9H,1-3H3,(H2,18,19,20). The third-order valence-corrected chi connectivity index (χ3v) is 3.73. The second-order valence-corrected chi connectivity index (χ2v) is 5.98. The van der Waals surface area contributed by atoms with E-state index in [1.165, 1.54) is 51.7 Å². The second-order valence-electron chi connectivity index (χ2n) is 4.81. The van der Waals surface area contributed by atoms with Gasteiger partial charge in [-0.1, -0.05) is 12.1 Å². The van der Waals surface area contributed by atoms with Crippen LogP contribution in [0.3, 0.4) is 0 Å². The van der Waals surface area contributed by atoms with Crippen LogP contribution in [0.15, 0.2) is 36.4 Å². The van der Waals surface area contributed by atoms with E-state index in [-0.39, 0.29) is 28.4 Å². The molecule has 0 aliphatic carbocycles. The SMILES string of the molecule is COc1cc(OC)c(C(=O)c2ccccc2OP(=O)(O)O)c(OC)c1. The number of ether oxygens (including phenoxy) is 3. The number of rotatable bonds is 7. The number of carbonyl (C=O) groups is 1. The molecule has 0 aromatic heterocycles. The van der Waals surface area contributed by atoms with E-state index in [4.69, 9.17) is 24.0 Å². The number of hydrogen-bond donors (Lipinski definition) is 2. The van der Waals surface area contributed by atoms with Crippen LogP contribution in [-0.2, 0) is 4.57 Å². The Kier molecular flexibility index (Phi) is 5.69. The van der Waals surface area contributed by atoms with Crippen molar-refractivity contribution in [2.45, 2.75) is 0 Å². The van der Waals surface area contributed by atoms with Crippen molar-refractivity contribution in [2.24, 2.45) is 0 Å². The van der Waals surface area contributed by atoms with E-state index in [0.29, 0.717) is 5.75 Å². The number of phosphoric ester groups is 1. The summed E-state index contributed by atoms with van der Waals surface area (Å²) in [4.78, 5) is 31.0. The lowest BCUT2D eigenvalue weighted by Crippen LogP contribution is -2.09. The second kappa shape index (κ2) is 7.57. The molecule has 9 heteroatoms. The zero-order valence-electron chi connectivity index (χ0n) is 13.8. The zero-order valence-corrected chi connectivity index (χ0v) is 14.6. The monoisotopic (exact) mass is 368 g/mol. The van der Waals surface area contributed by atoms with E-state index >= 15 is 0 Å². The number of hydrogen-bond acceptors (Lipinski definition) is 6. The minimum atomic E-state index is -4.83. The Morgan fingerprint density at radius 3 is 1.96 bits per heavy atom. The maximum absolute atomic E-state index is 13.0. The normalized spacial score (nSPS) is 10.9. The van der Waals surface area contributed by atoms with Gasteiger partial charge in [0.25, 0.3) is 0 Å². The van der Waals surface area contributed by atoms with Crippen molar-refractivity contribution in [3.8, 4) is 23.0 Å². The van der Waals surface area contributed by atoms with Gasteiger partial charge in [-0.2, -0.15) is 0 Å². The minimum Gasteiger partial charge on any atom is -0.496 e. The van der Waals surface area contributed by atoms with Gasteiger partial charge in [0.1, 0.15) is 28.6 Å². The first-order valence-corrected chi connectivity index (χ1v) is 8.52. The Balaban J connectivity index is 2.61. The molecule has 0 amide bonds. The molecular weight excluding hydrogens is 351 g/mol. The van der Waals surface area contributed by atoms with Crippen molar-refractivity contribution in [1.29, 1.82) is 0 Å². The Labute approximate surface area is 144 Å². The lowest BCUT2D eigenvalue weighted by atomic mass is 10.00. The van der Waals surface area contributed by atoms with Gasteiger partial charge in [0.15, 0.2) is 0 Å². The van der Waals surface area contributed by atoms with E-state index in [1.807, 2.05) is 0 Å². The summed E-state index contributed by atoms with van der Waals surface area (Å²) in [5, 5.41) is 0. The predicted molar refractivity (Wildman–Crippen MR) is 88.6 cm³/mol.